The summed E-state index contributed by atoms with van der Waals surface area (Å²) in [7, 11) is -3.41. The highest BCUT2D eigenvalue weighted by molar-refractivity contribution is 7.89. The van der Waals surface area contributed by atoms with Crippen molar-refractivity contribution in [3.63, 3.8) is 0 Å². The van der Waals surface area contributed by atoms with Crippen molar-refractivity contribution in [2.45, 2.75) is 18.4 Å². The molecule has 0 saturated carbocycles. The van der Waals surface area contributed by atoms with E-state index in [2.05, 4.69) is 5.10 Å². The van der Waals surface area contributed by atoms with E-state index < -0.39 is 10.0 Å². The number of aryl methyl sites for hydroxylation is 1. The van der Waals surface area contributed by atoms with E-state index in [0.29, 0.717) is 31.1 Å². The third-order valence-corrected chi connectivity index (χ3v) is 6.18. The molecule has 1 aromatic heterocycles. The van der Waals surface area contributed by atoms with Crippen molar-refractivity contribution in [3.05, 3.63) is 42.1 Å². The molecular formula is C15H17N3O3S. The summed E-state index contributed by atoms with van der Waals surface area (Å²) < 4.78 is 34.2. The minimum atomic E-state index is -3.41. The van der Waals surface area contributed by atoms with Crippen LogP contribution in [0.3, 0.4) is 0 Å². The van der Waals surface area contributed by atoms with E-state index in [9.17, 15) is 8.42 Å². The van der Waals surface area contributed by atoms with Crippen LogP contribution in [0.1, 0.15) is 5.56 Å². The molecule has 22 heavy (non-hydrogen) atoms. The quantitative estimate of drug-likeness (QED) is 0.836. The Morgan fingerprint density at radius 2 is 1.86 bits per heavy atom. The first-order valence-electron chi connectivity index (χ1n) is 7.20. The van der Waals surface area contributed by atoms with E-state index >= 15 is 0 Å². The Bertz CT molecular complexity index is 805. The fraction of sp³-hybridized carbons (Fsp3) is 0.400. The smallest absolute Gasteiger partial charge is 0.243 e. The molecule has 2 aromatic rings. The first-order chi connectivity index (χ1) is 10.5. The number of ether oxygens (including phenoxy) is 1. The van der Waals surface area contributed by atoms with Crippen molar-refractivity contribution in [2.24, 2.45) is 5.41 Å². The Balaban J connectivity index is 1.52. The van der Waals surface area contributed by atoms with Crippen LogP contribution in [-0.2, 0) is 16.6 Å². The van der Waals surface area contributed by atoms with Crippen LogP contribution in [0.15, 0.2) is 41.4 Å². The summed E-state index contributed by atoms with van der Waals surface area (Å²) in [6.45, 7) is 4.13. The van der Waals surface area contributed by atoms with Crippen molar-refractivity contribution in [1.29, 1.82) is 0 Å². The van der Waals surface area contributed by atoms with Crippen molar-refractivity contribution < 1.29 is 13.2 Å². The van der Waals surface area contributed by atoms with Gasteiger partial charge < -0.3 is 4.74 Å². The molecule has 7 heteroatoms. The number of rotatable bonds is 2. The lowest BCUT2D eigenvalue weighted by Crippen LogP contribution is -2.63. The maximum atomic E-state index is 12.6. The Morgan fingerprint density at radius 1 is 1.14 bits per heavy atom. The second kappa shape index (κ2) is 4.57. The Kier molecular flexibility index (Phi) is 2.86. The molecule has 1 saturated heterocycles. The molecule has 1 fully saturated rings. The highest BCUT2D eigenvalue weighted by Crippen LogP contribution is 2.39. The predicted octanol–water partition coefficient (Wildman–Crippen LogP) is 1.27. The molecule has 0 bridgehead atoms. The number of fused-ring (bicyclic) bond motifs is 1. The number of nitrogens with zero attached hydrogens (tertiary/aromatic N) is 3. The van der Waals surface area contributed by atoms with Gasteiger partial charge in [-0.3, -0.25) is 0 Å². The van der Waals surface area contributed by atoms with Gasteiger partial charge in [0.25, 0.3) is 0 Å². The molecule has 4 rings (SSSR count). The lowest BCUT2D eigenvalue weighted by Gasteiger charge is -2.50. The molecule has 2 aliphatic rings. The van der Waals surface area contributed by atoms with Crippen LogP contribution in [-0.4, -0.2) is 42.2 Å². The average molecular weight is 319 g/mol. The fourth-order valence-electron chi connectivity index (χ4n) is 3.07. The van der Waals surface area contributed by atoms with Gasteiger partial charge in [0.05, 0.1) is 29.7 Å². The van der Waals surface area contributed by atoms with E-state index in [-0.39, 0.29) is 5.41 Å². The van der Waals surface area contributed by atoms with Gasteiger partial charge in [0.2, 0.25) is 15.9 Å². The maximum absolute atomic E-state index is 12.6. The van der Waals surface area contributed by atoms with E-state index in [1.54, 1.807) is 23.0 Å². The lowest BCUT2D eigenvalue weighted by atomic mass is 9.82. The Morgan fingerprint density at radius 3 is 2.59 bits per heavy atom. The van der Waals surface area contributed by atoms with Gasteiger partial charge in [-0.2, -0.15) is 9.40 Å². The number of benzene rings is 1. The van der Waals surface area contributed by atoms with E-state index in [0.717, 1.165) is 11.4 Å². The molecule has 0 radical (unpaired) electrons. The van der Waals surface area contributed by atoms with Crippen LogP contribution in [0.5, 0.6) is 5.88 Å². The first-order valence-corrected chi connectivity index (χ1v) is 8.64. The highest BCUT2D eigenvalue weighted by atomic mass is 32.2. The number of hydrogen-bond donors (Lipinski definition) is 0. The van der Waals surface area contributed by atoms with Gasteiger partial charge in [0.1, 0.15) is 0 Å². The third kappa shape index (κ3) is 2.04. The SMILES string of the molecule is Cc1ccc(S(=O)(=O)N2CC3(COc4ccnn4C3)C2)cc1. The van der Waals surface area contributed by atoms with Gasteiger partial charge in [-0.1, -0.05) is 17.7 Å². The van der Waals surface area contributed by atoms with Gasteiger partial charge in [-0.25, -0.2) is 13.1 Å². The lowest BCUT2D eigenvalue weighted by molar-refractivity contribution is -0.0261. The van der Waals surface area contributed by atoms with Gasteiger partial charge in [0, 0.05) is 19.2 Å². The number of aromatic nitrogens is 2. The first kappa shape index (κ1) is 13.8. The monoisotopic (exact) mass is 319 g/mol. The molecule has 0 amide bonds. The second-order valence-electron chi connectivity index (χ2n) is 6.20. The molecule has 6 nitrogen and oxygen atoms in total. The fourth-order valence-corrected chi connectivity index (χ4v) is 4.74. The second-order valence-corrected chi connectivity index (χ2v) is 8.14. The summed E-state index contributed by atoms with van der Waals surface area (Å²) in [6.07, 6.45) is 1.70. The molecular weight excluding hydrogens is 302 g/mol. The van der Waals surface area contributed by atoms with Gasteiger partial charge >= 0.3 is 0 Å². The third-order valence-electron chi connectivity index (χ3n) is 4.37. The minimum absolute atomic E-state index is 0.156. The molecule has 0 unspecified atom stereocenters. The summed E-state index contributed by atoms with van der Waals surface area (Å²) >= 11 is 0. The standard InChI is InChI=1S/C15H17N3O3S/c1-12-2-4-13(5-3-12)22(19,20)17-8-15(9-17)10-18-14(21-11-15)6-7-16-18/h2-7H,8-11H2,1H3. The largest absolute Gasteiger partial charge is 0.477 e. The van der Waals surface area contributed by atoms with Crippen molar-refractivity contribution in [2.75, 3.05) is 19.7 Å². The molecule has 0 N–H and O–H groups in total. The van der Waals surface area contributed by atoms with Crippen molar-refractivity contribution >= 4 is 10.0 Å². The van der Waals surface area contributed by atoms with Gasteiger partial charge in [-0.15, -0.1) is 0 Å². The molecule has 3 heterocycles. The molecule has 1 spiro atoms. The summed E-state index contributed by atoms with van der Waals surface area (Å²) in [6, 6.07) is 8.80. The zero-order valence-electron chi connectivity index (χ0n) is 12.3. The van der Waals surface area contributed by atoms with Crippen LogP contribution < -0.4 is 4.74 Å². The molecule has 0 atom stereocenters. The van der Waals surface area contributed by atoms with Crippen LogP contribution in [0, 0.1) is 12.3 Å². The number of sulfonamides is 1. The zero-order valence-corrected chi connectivity index (χ0v) is 13.1. The molecule has 1 aromatic carbocycles. The van der Waals surface area contributed by atoms with Crippen LogP contribution in [0.2, 0.25) is 0 Å². The summed E-state index contributed by atoms with van der Waals surface area (Å²) in [4.78, 5) is 0.351. The summed E-state index contributed by atoms with van der Waals surface area (Å²) in [5.41, 5.74) is 0.891. The number of hydrogen-bond acceptors (Lipinski definition) is 4. The van der Waals surface area contributed by atoms with E-state index in [1.807, 2.05) is 25.1 Å². The van der Waals surface area contributed by atoms with Crippen LogP contribution >= 0.6 is 0 Å². The normalized spacial score (nSPS) is 20.2. The van der Waals surface area contributed by atoms with Crippen LogP contribution in [0.4, 0.5) is 0 Å². The predicted molar refractivity (Wildman–Crippen MR) is 80.1 cm³/mol. The highest BCUT2D eigenvalue weighted by Gasteiger charge is 2.51. The summed E-state index contributed by atoms with van der Waals surface area (Å²) in [5, 5.41) is 4.21. The average Bonchev–Trinajstić information content (AvgIpc) is 2.92. The maximum Gasteiger partial charge on any atom is 0.243 e. The van der Waals surface area contributed by atoms with Crippen molar-refractivity contribution in [1.82, 2.24) is 14.1 Å². The molecule has 116 valence electrons. The van der Waals surface area contributed by atoms with Gasteiger partial charge in [0.15, 0.2) is 0 Å². The molecule has 0 aliphatic carbocycles. The van der Waals surface area contributed by atoms with Crippen LogP contribution in [0.25, 0.3) is 0 Å². The van der Waals surface area contributed by atoms with E-state index in [4.69, 9.17) is 4.74 Å². The summed E-state index contributed by atoms with van der Waals surface area (Å²) in [5.74, 6) is 0.755. The van der Waals surface area contributed by atoms with Crippen molar-refractivity contribution in [3.8, 4) is 5.88 Å². The van der Waals surface area contributed by atoms with E-state index in [1.165, 1.54) is 4.31 Å². The Hall–Kier alpha value is -1.86. The molecule has 2 aliphatic heterocycles. The zero-order chi connectivity index (χ0) is 15.4. The topological polar surface area (TPSA) is 64.4 Å². The Labute approximate surface area is 129 Å². The van der Waals surface area contributed by atoms with Gasteiger partial charge in [-0.05, 0) is 19.1 Å². The minimum Gasteiger partial charge on any atom is -0.477 e.